The minimum Gasteiger partial charge on any atom is -0.493 e. The van der Waals surface area contributed by atoms with Crippen molar-refractivity contribution in [1.82, 2.24) is 14.0 Å². The number of nitrogens with zero attached hydrogens (tertiary/aromatic N) is 3. The number of rotatable bonds is 5. The van der Waals surface area contributed by atoms with Crippen LogP contribution in [0.1, 0.15) is 33.7 Å². The van der Waals surface area contributed by atoms with Gasteiger partial charge in [0.05, 0.1) is 24.7 Å². The highest BCUT2D eigenvalue weighted by molar-refractivity contribution is 6.12. The lowest BCUT2D eigenvalue weighted by Crippen LogP contribution is -2.39. The molecule has 1 saturated heterocycles. The number of amides is 1. The molecular formula is C27H25N3O5. The lowest BCUT2D eigenvalue weighted by Gasteiger charge is -2.26. The van der Waals surface area contributed by atoms with Crippen LogP contribution in [-0.2, 0) is 18.4 Å². The van der Waals surface area contributed by atoms with Gasteiger partial charge in [-0.15, -0.1) is 0 Å². The Kier molecular flexibility index (Phi) is 5.72. The Morgan fingerprint density at radius 2 is 1.60 bits per heavy atom. The van der Waals surface area contributed by atoms with E-state index in [1.807, 2.05) is 24.3 Å². The molecule has 8 nitrogen and oxygen atoms in total. The molecule has 1 aliphatic rings. The number of ketones is 2. The summed E-state index contributed by atoms with van der Waals surface area (Å²) in [5.74, 6) is -0.166. The molecule has 0 unspecified atom stereocenters. The van der Waals surface area contributed by atoms with E-state index in [2.05, 4.69) is 0 Å². The zero-order valence-corrected chi connectivity index (χ0v) is 19.6. The van der Waals surface area contributed by atoms with Crippen molar-refractivity contribution in [2.24, 2.45) is 7.05 Å². The van der Waals surface area contributed by atoms with Crippen molar-refractivity contribution in [3.63, 3.8) is 0 Å². The minimum atomic E-state index is -0.400. The summed E-state index contributed by atoms with van der Waals surface area (Å²) in [7, 11) is 3.16. The highest BCUT2D eigenvalue weighted by Gasteiger charge is 2.31. The van der Waals surface area contributed by atoms with Gasteiger partial charge in [-0.1, -0.05) is 48.5 Å². The van der Waals surface area contributed by atoms with Crippen LogP contribution in [0, 0.1) is 0 Å². The molecule has 3 heterocycles. The first-order valence-corrected chi connectivity index (χ1v) is 11.5. The van der Waals surface area contributed by atoms with Gasteiger partial charge in [0.1, 0.15) is 11.2 Å². The second kappa shape index (κ2) is 8.87. The van der Waals surface area contributed by atoms with Crippen LogP contribution >= 0.6 is 0 Å². The van der Waals surface area contributed by atoms with E-state index in [-0.39, 0.29) is 40.8 Å². The zero-order valence-electron chi connectivity index (χ0n) is 19.6. The fourth-order valence-corrected chi connectivity index (χ4v) is 4.89. The molecule has 0 atom stereocenters. The fourth-order valence-electron chi connectivity index (χ4n) is 4.89. The van der Waals surface area contributed by atoms with E-state index < -0.39 is 5.56 Å². The smallest absolute Gasteiger partial charge is 0.274 e. The van der Waals surface area contributed by atoms with Gasteiger partial charge in [0.25, 0.3) is 11.5 Å². The van der Waals surface area contributed by atoms with Crippen LogP contribution < -0.4 is 10.3 Å². The summed E-state index contributed by atoms with van der Waals surface area (Å²) in [6.45, 7) is 0.521. The molecule has 0 radical (unpaired) electrons. The van der Waals surface area contributed by atoms with Crippen LogP contribution in [0.3, 0.4) is 0 Å². The maximum atomic E-state index is 13.8. The molecule has 0 saturated carbocycles. The molecule has 2 aromatic heterocycles. The Labute approximate surface area is 201 Å². The van der Waals surface area contributed by atoms with Crippen LogP contribution in [0.5, 0.6) is 5.75 Å². The highest BCUT2D eigenvalue weighted by Crippen LogP contribution is 2.35. The molecule has 2 aromatic carbocycles. The number of methoxy groups -OCH3 is 1. The molecule has 8 heteroatoms. The summed E-state index contributed by atoms with van der Waals surface area (Å²) < 4.78 is 8.80. The summed E-state index contributed by atoms with van der Waals surface area (Å²) in [4.78, 5) is 53.7. The van der Waals surface area contributed by atoms with Gasteiger partial charge in [-0.05, 0) is 6.07 Å². The molecule has 1 fully saturated rings. The molecule has 35 heavy (non-hydrogen) atoms. The number of pyridine rings is 1. The minimum absolute atomic E-state index is 0.134. The van der Waals surface area contributed by atoms with Crippen molar-refractivity contribution in [1.29, 1.82) is 0 Å². The molecule has 0 bridgehead atoms. The number of benzene rings is 2. The van der Waals surface area contributed by atoms with Crippen LogP contribution in [0.2, 0.25) is 0 Å². The Morgan fingerprint density at radius 3 is 2.29 bits per heavy atom. The fraction of sp³-hybridized carbons (Fsp3) is 0.259. The number of piperidine rings is 1. The first-order chi connectivity index (χ1) is 16.9. The maximum Gasteiger partial charge on any atom is 0.274 e. The lowest BCUT2D eigenvalue weighted by atomic mass is 10.1. The largest absolute Gasteiger partial charge is 0.493 e. The van der Waals surface area contributed by atoms with Crippen molar-refractivity contribution in [3.05, 3.63) is 76.2 Å². The third-order valence-electron chi connectivity index (χ3n) is 6.67. The number of carbonyl (C=O) groups is 3. The number of aryl methyl sites for hydroxylation is 1. The van der Waals surface area contributed by atoms with E-state index in [9.17, 15) is 19.2 Å². The lowest BCUT2D eigenvalue weighted by molar-refractivity contribution is -0.120. The number of hydrogen-bond acceptors (Lipinski definition) is 5. The predicted molar refractivity (Wildman–Crippen MR) is 132 cm³/mol. The standard InChI is InChI=1S/C27H25N3O5/c1-28-23-19-10-6-7-11-20(19)30(16-21(32)17-8-4-3-5-9-17)26(33)22(23)25(35-2)24(28)27(34)29-14-12-18(31)13-15-29/h3-11H,12-16H2,1-2H3. The maximum absolute atomic E-state index is 13.8. The molecule has 4 aromatic rings. The second-order valence-corrected chi connectivity index (χ2v) is 8.69. The van der Waals surface area contributed by atoms with Gasteiger partial charge in [-0.25, -0.2) is 0 Å². The Morgan fingerprint density at radius 1 is 0.943 bits per heavy atom. The van der Waals surface area contributed by atoms with Gasteiger partial charge < -0.3 is 14.2 Å². The monoisotopic (exact) mass is 471 g/mol. The van der Waals surface area contributed by atoms with E-state index >= 15 is 0 Å². The van der Waals surface area contributed by atoms with Crippen molar-refractivity contribution in [2.45, 2.75) is 19.4 Å². The van der Waals surface area contributed by atoms with Crippen molar-refractivity contribution < 1.29 is 19.1 Å². The average Bonchev–Trinajstić information content (AvgIpc) is 3.19. The van der Waals surface area contributed by atoms with Crippen LogP contribution in [0.4, 0.5) is 0 Å². The van der Waals surface area contributed by atoms with Gasteiger partial charge in [-0.3, -0.25) is 23.7 Å². The first-order valence-electron chi connectivity index (χ1n) is 11.5. The third-order valence-corrected chi connectivity index (χ3v) is 6.67. The van der Waals surface area contributed by atoms with Gasteiger partial charge in [0.2, 0.25) is 0 Å². The summed E-state index contributed by atoms with van der Waals surface area (Å²) in [5.41, 5.74) is 1.54. The molecule has 1 amide bonds. The summed E-state index contributed by atoms with van der Waals surface area (Å²) in [6, 6.07) is 16.2. The third kappa shape index (κ3) is 3.71. The Balaban J connectivity index is 1.73. The van der Waals surface area contributed by atoms with Crippen LogP contribution in [0.25, 0.3) is 21.8 Å². The number of Topliss-reactive ketones (excluding diaryl/α,β-unsaturated/α-hetero) is 2. The van der Waals surface area contributed by atoms with Gasteiger partial charge in [-0.2, -0.15) is 0 Å². The van der Waals surface area contributed by atoms with E-state index in [4.69, 9.17) is 4.74 Å². The SMILES string of the molecule is COc1c(C(=O)N2CCC(=O)CC2)n(C)c2c1c(=O)n(CC(=O)c1ccccc1)c1ccccc21. The first kappa shape index (κ1) is 22.6. The predicted octanol–water partition coefficient (Wildman–Crippen LogP) is 3.19. The van der Waals surface area contributed by atoms with Crippen molar-refractivity contribution in [3.8, 4) is 5.75 Å². The average molecular weight is 472 g/mol. The summed E-state index contributed by atoms with van der Waals surface area (Å²) in [6.07, 6.45) is 0.630. The number of para-hydroxylation sites is 1. The Bertz CT molecular complexity index is 1540. The van der Waals surface area contributed by atoms with E-state index in [1.165, 1.54) is 11.7 Å². The van der Waals surface area contributed by atoms with E-state index in [0.29, 0.717) is 42.5 Å². The zero-order chi connectivity index (χ0) is 24.7. The van der Waals surface area contributed by atoms with Crippen LogP contribution in [0.15, 0.2) is 59.4 Å². The molecule has 178 valence electrons. The number of ether oxygens (including phenoxy) is 1. The number of hydrogen-bond donors (Lipinski definition) is 0. The molecule has 0 N–H and O–H groups in total. The number of likely N-dealkylation sites (tertiary alicyclic amines) is 1. The van der Waals surface area contributed by atoms with Crippen LogP contribution in [-0.4, -0.2) is 51.7 Å². The summed E-state index contributed by atoms with van der Waals surface area (Å²) in [5, 5.41) is 0.989. The number of carbonyl (C=O) groups excluding carboxylic acids is 3. The van der Waals surface area contributed by atoms with Crippen molar-refractivity contribution in [2.75, 3.05) is 20.2 Å². The molecular weight excluding hydrogens is 446 g/mol. The number of aromatic nitrogens is 2. The Hall–Kier alpha value is -4.20. The van der Waals surface area contributed by atoms with E-state index in [1.54, 1.807) is 46.8 Å². The molecule has 0 spiro atoms. The highest BCUT2D eigenvalue weighted by atomic mass is 16.5. The molecule has 0 aliphatic carbocycles. The number of fused-ring (bicyclic) bond motifs is 3. The van der Waals surface area contributed by atoms with Crippen molar-refractivity contribution >= 4 is 39.3 Å². The molecule has 5 rings (SSSR count). The summed E-state index contributed by atoms with van der Waals surface area (Å²) >= 11 is 0. The quantitative estimate of drug-likeness (QED) is 0.417. The van der Waals surface area contributed by atoms with Gasteiger partial charge >= 0.3 is 0 Å². The van der Waals surface area contributed by atoms with Gasteiger partial charge in [0, 0.05) is 43.9 Å². The van der Waals surface area contributed by atoms with Gasteiger partial charge in [0.15, 0.2) is 17.2 Å². The second-order valence-electron chi connectivity index (χ2n) is 8.69. The molecule has 1 aliphatic heterocycles. The normalized spacial score (nSPS) is 14.0. The topological polar surface area (TPSA) is 90.6 Å². The van der Waals surface area contributed by atoms with E-state index in [0.717, 1.165) is 5.39 Å².